The van der Waals surface area contributed by atoms with Gasteiger partial charge in [-0.2, -0.15) is 0 Å². The molecular formula is C50H47N3O9. The highest BCUT2D eigenvalue weighted by Gasteiger charge is 2.49. The number of nitrogens with one attached hydrogen (secondary N) is 3. The molecule has 4 aromatic carbocycles. The molecule has 1 saturated heterocycles. The summed E-state index contributed by atoms with van der Waals surface area (Å²) in [6.45, 7) is -0.279. The van der Waals surface area contributed by atoms with E-state index in [1.165, 1.54) is 5.56 Å². The zero-order valence-electron chi connectivity index (χ0n) is 34.1. The van der Waals surface area contributed by atoms with Gasteiger partial charge in [0.05, 0.1) is 6.61 Å². The van der Waals surface area contributed by atoms with Crippen molar-refractivity contribution >= 4 is 62.2 Å². The number of aryl methyl sites for hydroxylation is 3. The van der Waals surface area contributed by atoms with E-state index in [2.05, 4.69) is 27.1 Å². The Morgan fingerprint density at radius 3 is 1.53 bits per heavy atom. The third-order valence-corrected chi connectivity index (χ3v) is 11.8. The largest absolute Gasteiger partial charge is 0.456 e. The number of rotatable bonds is 16. The molecule has 0 radical (unpaired) electrons. The molecule has 0 spiro atoms. The lowest BCUT2D eigenvalue weighted by molar-refractivity contribution is -0.275. The first kappa shape index (κ1) is 40.5. The molecule has 0 saturated carbocycles. The van der Waals surface area contributed by atoms with Gasteiger partial charge in [-0.05, 0) is 83.7 Å². The number of benzene rings is 4. The van der Waals surface area contributed by atoms with Gasteiger partial charge in [-0.25, -0.2) is 0 Å². The van der Waals surface area contributed by atoms with Crippen molar-refractivity contribution in [3.63, 3.8) is 0 Å². The van der Waals surface area contributed by atoms with Crippen LogP contribution in [0.15, 0.2) is 122 Å². The second-order valence-corrected chi connectivity index (χ2v) is 15.8. The maximum Gasteiger partial charge on any atom is 0.308 e. The van der Waals surface area contributed by atoms with Gasteiger partial charge in [-0.3, -0.25) is 19.2 Å². The summed E-state index contributed by atoms with van der Waals surface area (Å²) in [5.41, 5.74) is 8.98. The van der Waals surface area contributed by atoms with Crippen molar-refractivity contribution in [3.05, 3.63) is 150 Å². The van der Waals surface area contributed by atoms with E-state index >= 15 is 0 Å². The summed E-state index contributed by atoms with van der Waals surface area (Å²) >= 11 is 0. The van der Waals surface area contributed by atoms with Crippen LogP contribution in [0.1, 0.15) is 59.9 Å². The van der Waals surface area contributed by atoms with E-state index in [0.717, 1.165) is 67.0 Å². The number of carbonyl (C=O) groups is 4. The predicted molar refractivity (Wildman–Crippen MR) is 233 cm³/mol. The molecule has 0 bridgehead atoms. The molecule has 7 aromatic rings. The van der Waals surface area contributed by atoms with Crippen LogP contribution in [0, 0.1) is 0 Å². The average molecular weight is 834 g/mol. The van der Waals surface area contributed by atoms with Gasteiger partial charge in [-0.15, -0.1) is 0 Å². The fourth-order valence-corrected chi connectivity index (χ4v) is 8.60. The first-order valence-corrected chi connectivity index (χ1v) is 21.2. The summed E-state index contributed by atoms with van der Waals surface area (Å²) in [4.78, 5) is 64.5. The highest BCUT2D eigenvalue weighted by Crippen LogP contribution is 2.32. The Morgan fingerprint density at radius 1 is 0.516 bits per heavy atom. The van der Waals surface area contributed by atoms with E-state index in [4.69, 9.17) is 23.7 Å². The molecule has 12 heteroatoms. The average Bonchev–Trinajstić information content (AvgIpc) is 4.10. The van der Waals surface area contributed by atoms with Gasteiger partial charge in [-0.1, -0.05) is 84.9 Å². The molecule has 4 atom stereocenters. The molecule has 4 heterocycles. The summed E-state index contributed by atoms with van der Waals surface area (Å²) in [5.74, 6) is -2.39. The van der Waals surface area contributed by atoms with Crippen LogP contribution in [0.3, 0.4) is 0 Å². The van der Waals surface area contributed by atoms with Crippen molar-refractivity contribution in [2.45, 2.75) is 82.4 Å². The molecule has 3 aromatic heterocycles. The number of para-hydroxylation sites is 3. The van der Waals surface area contributed by atoms with E-state index in [1.807, 2.05) is 110 Å². The minimum absolute atomic E-state index is 0.0199. The Hall–Kier alpha value is -6.92. The number of allylic oxidation sites excluding steroid dienone is 2. The molecule has 1 aliphatic heterocycles. The molecule has 316 valence electrons. The Kier molecular flexibility index (Phi) is 12.0. The van der Waals surface area contributed by atoms with Crippen molar-refractivity contribution in [1.29, 1.82) is 0 Å². The molecule has 1 aliphatic carbocycles. The second-order valence-electron chi connectivity index (χ2n) is 15.8. The zero-order valence-corrected chi connectivity index (χ0v) is 34.1. The quantitative estimate of drug-likeness (QED) is 0.0642. The first-order chi connectivity index (χ1) is 30.4. The van der Waals surface area contributed by atoms with E-state index < -0.39 is 48.5 Å². The van der Waals surface area contributed by atoms with Crippen molar-refractivity contribution in [2.75, 3.05) is 6.61 Å². The van der Waals surface area contributed by atoms with Crippen molar-refractivity contribution < 1.29 is 42.9 Å². The molecule has 62 heavy (non-hydrogen) atoms. The number of esters is 4. The summed E-state index contributed by atoms with van der Waals surface area (Å²) in [7, 11) is 0. The van der Waals surface area contributed by atoms with Gasteiger partial charge in [0.15, 0.2) is 12.2 Å². The number of fused-ring (bicyclic) bond motifs is 4. The molecule has 0 amide bonds. The summed E-state index contributed by atoms with van der Waals surface area (Å²) in [5, 5.41) is 2.97. The van der Waals surface area contributed by atoms with Crippen LogP contribution in [0.2, 0.25) is 0 Å². The highest BCUT2D eigenvalue weighted by molar-refractivity contribution is 5.86. The van der Waals surface area contributed by atoms with Crippen LogP contribution in [-0.2, 0) is 68.5 Å². The topological polar surface area (TPSA) is 162 Å². The maximum atomic E-state index is 13.8. The monoisotopic (exact) mass is 833 g/mol. The number of aromatic amines is 3. The fraction of sp³-hybridized carbons (Fsp3) is 0.280. The van der Waals surface area contributed by atoms with Crippen LogP contribution >= 0.6 is 0 Å². The Balaban J connectivity index is 0.941. The van der Waals surface area contributed by atoms with E-state index in [0.29, 0.717) is 25.7 Å². The number of aromatic nitrogens is 3. The molecule has 12 nitrogen and oxygen atoms in total. The van der Waals surface area contributed by atoms with Crippen LogP contribution < -0.4 is 0 Å². The second kappa shape index (κ2) is 18.4. The number of hydrogen-bond acceptors (Lipinski definition) is 9. The van der Waals surface area contributed by atoms with Crippen LogP contribution in [0.5, 0.6) is 0 Å². The Bertz CT molecular complexity index is 2780. The summed E-state index contributed by atoms with van der Waals surface area (Å²) in [6.07, 6.45) is 4.57. The molecular weight excluding hydrogens is 787 g/mol. The third-order valence-electron chi connectivity index (χ3n) is 11.8. The van der Waals surface area contributed by atoms with Gasteiger partial charge in [0.25, 0.3) is 0 Å². The minimum Gasteiger partial charge on any atom is -0.456 e. The van der Waals surface area contributed by atoms with E-state index in [1.54, 1.807) is 0 Å². The molecule has 1 fully saturated rings. The van der Waals surface area contributed by atoms with Crippen LogP contribution in [-0.4, -0.2) is 70.0 Å². The highest BCUT2D eigenvalue weighted by atomic mass is 16.7. The third kappa shape index (κ3) is 9.06. The van der Waals surface area contributed by atoms with Crippen LogP contribution in [0.4, 0.5) is 0 Å². The number of carbonyl (C=O) groups excluding carboxylic acids is 4. The molecule has 1 unspecified atom stereocenters. The van der Waals surface area contributed by atoms with Crippen molar-refractivity contribution in [2.24, 2.45) is 0 Å². The van der Waals surface area contributed by atoms with Gasteiger partial charge < -0.3 is 38.6 Å². The van der Waals surface area contributed by atoms with E-state index in [-0.39, 0.29) is 32.3 Å². The predicted octanol–water partition coefficient (Wildman–Crippen LogP) is 8.38. The summed E-state index contributed by atoms with van der Waals surface area (Å²) < 4.78 is 30.2. The summed E-state index contributed by atoms with van der Waals surface area (Å²) in [6, 6.07) is 31.5. The zero-order chi connectivity index (χ0) is 42.4. The maximum absolute atomic E-state index is 13.8. The van der Waals surface area contributed by atoms with Crippen molar-refractivity contribution in [3.8, 4) is 0 Å². The van der Waals surface area contributed by atoms with E-state index in [9.17, 15) is 19.2 Å². The SMILES string of the molecule is O=C(CCC1=CCc2ccccc21)OC1OC[C@@H](OC(=O)CCc2c[nH]c3ccccc23)[C@@H](OC(=O)CCc2c[nH]c3ccccc23)[C@H]1OC(=O)CCc1c[nH]c2ccccc12. The standard InChI is InChI=1S/C50H47N3O9/c54-44(24-20-33-27-51-40-14-6-3-11-37(33)40)59-43-30-58-50(62-47(57)23-19-32-18-17-31-9-1-2-10-36(31)32)49(61-46(56)26-22-35-29-53-42-16-8-5-13-39(35)42)48(43)60-45(55)25-21-34-28-52-41-15-7-4-12-38(34)41/h1-16,18,27-29,43,48-53H,17,19-26,30H2/t43-,48-,49-,50?/m1/s1. The lowest BCUT2D eigenvalue weighted by Crippen LogP contribution is -2.58. The number of ether oxygens (including phenoxy) is 5. The normalized spacial score (nSPS) is 18.4. The fourth-order valence-electron chi connectivity index (χ4n) is 8.60. The van der Waals surface area contributed by atoms with Crippen LogP contribution in [0.25, 0.3) is 38.3 Å². The lowest BCUT2D eigenvalue weighted by Gasteiger charge is -2.40. The van der Waals surface area contributed by atoms with Gasteiger partial charge in [0, 0.05) is 77.0 Å². The Labute approximate surface area is 357 Å². The smallest absolute Gasteiger partial charge is 0.308 e. The Morgan fingerprint density at radius 2 is 0.968 bits per heavy atom. The molecule has 3 N–H and O–H groups in total. The van der Waals surface area contributed by atoms with Gasteiger partial charge in [0.2, 0.25) is 12.4 Å². The van der Waals surface area contributed by atoms with Crippen molar-refractivity contribution in [1.82, 2.24) is 15.0 Å². The minimum atomic E-state index is -1.45. The first-order valence-electron chi connectivity index (χ1n) is 21.2. The number of hydrogen-bond donors (Lipinski definition) is 3. The molecule has 2 aliphatic rings. The lowest BCUT2D eigenvalue weighted by atomic mass is 10.0. The number of H-pyrrole nitrogens is 3. The molecule has 9 rings (SSSR count). The van der Waals surface area contributed by atoms with Gasteiger partial charge in [0.1, 0.15) is 0 Å². The van der Waals surface area contributed by atoms with Gasteiger partial charge >= 0.3 is 23.9 Å².